The van der Waals surface area contributed by atoms with Gasteiger partial charge in [0.1, 0.15) is 5.75 Å². The van der Waals surface area contributed by atoms with Crippen molar-refractivity contribution in [2.75, 3.05) is 6.61 Å². The van der Waals surface area contributed by atoms with Crippen molar-refractivity contribution in [3.8, 4) is 5.75 Å². The van der Waals surface area contributed by atoms with E-state index in [9.17, 15) is 9.90 Å². The lowest BCUT2D eigenvalue weighted by molar-refractivity contribution is -0.143. The van der Waals surface area contributed by atoms with Crippen molar-refractivity contribution in [2.24, 2.45) is 0 Å². The highest BCUT2D eigenvalue weighted by Crippen LogP contribution is 2.36. The van der Waals surface area contributed by atoms with Gasteiger partial charge in [0.05, 0.1) is 12.0 Å². The number of aliphatic carboxylic acids is 1. The van der Waals surface area contributed by atoms with Crippen LogP contribution < -0.4 is 4.74 Å². The van der Waals surface area contributed by atoms with E-state index in [1.807, 2.05) is 56.3 Å². The zero-order valence-corrected chi connectivity index (χ0v) is 17.1. The lowest BCUT2D eigenvalue weighted by Gasteiger charge is -2.25. The highest BCUT2D eigenvalue weighted by atomic mass is 32.1. The number of carboxylic acids is 1. The van der Waals surface area contributed by atoms with Crippen LogP contribution in [0.25, 0.3) is 10.1 Å². The van der Waals surface area contributed by atoms with Gasteiger partial charge in [0.2, 0.25) is 0 Å². The van der Waals surface area contributed by atoms with E-state index >= 15 is 0 Å². The third-order valence-corrected chi connectivity index (χ3v) is 6.17. The van der Waals surface area contributed by atoms with E-state index in [0.717, 1.165) is 26.3 Å². The molecule has 1 N–H and O–H groups in total. The first kappa shape index (κ1) is 19.4. The number of hydrogen-bond acceptors (Lipinski definition) is 3. The fraction of sp³-hybridized carbons (Fsp3) is 0.348. The summed E-state index contributed by atoms with van der Waals surface area (Å²) in [6.45, 7) is 8.69. The van der Waals surface area contributed by atoms with Gasteiger partial charge in [0.15, 0.2) is 0 Å². The predicted octanol–water partition coefficient (Wildman–Crippen LogP) is 6.01. The Hall–Kier alpha value is -2.33. The topological polar surface area (TPSA) is 46.5 Å². The molecule has 142 valence electrons. The first-order chi connectivity index (χ1) is 12.8. The fourth-order valence-electron chi connectivity index (χ4n) is 3.30. The van der Waals surface area contributed by atoms with Crippen LogP contribution in [-0.2, 0) is 16.6 Å². The highest BCUT2D eigenvalue weighted by molar-refractivity contribution is 7.19. The van der Waals surface area contributed by atoms with Crippen LogP contribution in [-0.4, -0.2) is 17.7 Å². The Balaban J connectivity index is 1.93. The Bertz CT molecular complexity index is 940. The van der Waals surface area contributed by atoms with E-state index in [0.29, 0.717) is 18.9 Å². The van der Waals surface area contributed by atoms with Gasteiger partial charge in [-0.05, 0) is 60.5 Å². The summed E-state index contributed by atoms with van der Waals surface area (Å²) in [7, 11) is 0. The zero-order chi connectivity index (χ0) is 19.6. The van der Waals surface area contributed by atoms with Crippen molar-refractivity contribution < 1.29 is 14.6 Å². The molecule has 0 saturated heterocycles. The molecule has 1 atom stereocenters. The summed E-state index contributed by atoms with van der Waals surface area (Å²) in [6.07, 6.45) is 0.465. The van der Waals surface area contributed by atoms with Gasteiger partial charge in [0.25, 0.3) is 0 Å². The SMILES string of the molecule is CCOc1ccc2cc(CC(C)(C(=O)O)c3ccc(C(C)C)cc3)sc2c1. The number of rotatable bonds is 7. The second kappa shape index (κ2) is 7.73. The Kier molecular flexibility index (Phi) is 5.56. The van der Waals surface area contributed by atoms with Crippen molar-refractivity contribution in [1.82, 2.24) is 0 Å². The molecular weight excluding hydrogens is 356 g/mol. The maximum Gasteiger partial charge on any atom is 0.314 e. The van der Waals surface area contributed by atoms with Crippen LogP contribution in [0.15, 0.2) is 48.5 Å². The van der Waals surface area contributed by atoms with Crippen LogP contribution in [0.3, 0.4) is 0 Å². The van der Waals surface area contributed by atoms with Gasteiger partial charge >= 0.3 is 5.97 Å². The Morgan fingerprint density at radius 3 is 2.44 bits per heavy atom. The summed E-state index contributed by atoms with van der Waals surface area (Å²) in [5.41, 5.74) is 1.10. The molecule has 0 aliphatic rings. The standard InChI is InChI=1S/C23H26O3S/c1-5-26-19-11-8-17-12-20(27-21(17)13-19)14-23(4,22(24)25)18-9-6-16(7-10-18)15(2)3/h6-13,15H,5,14H2,1-4H3,(H,24,25). The van der Waals surface area contributed by atoms with Crippen molar-refractivity contribution in [3.63, 3.8) is 0 Å². The highest BCUT2D eigenvalue weighted by Gasteiger charge is 2.36. The van der Waals surface area contributed by atoms with Gasteiger partial charge in [-0.3, -0.25) is 4.79 Å². The zero-order valence-electron chi connectivity index (χ0n) is 16.3. The number of hydrogen-bond donors (Lipinski definition) is 1. The molecule has 0 radical (unpaired) electrons. The molecule has 2 aromatic carbocycles. The van der Waals surface area contributed by atoms with E-state index in [1.165, 1.54) is 5.56 Å². The van der Waals surface area contributed by atoms with Gasteiger partial charge in [-0.2, -0.15) is 0 Å². The lowest BCUT2D eigenvalue weighted by atomic mass is 9.78. The molecule has 1 unspecified atom stereocenters. The van der Waals surface area contributed by atoms with Gasteiger partial charge in [-0.25, -0.2) is 0 Å². The Morgan fingerprint density at radius 1 is 1.15 bits per heavy atom. The summed E-state index contributed by atoms with van der Waals surface area (Å²) >= 11 is 1.64. The summed E-state index contributed by atoms with van der Waals surface area (Å²) in [6, 6.07) is 16.1. The van der Waals surface area contributed by atoms with Gasteiger partial charge in [-0.15, -0.1) is 11.3 Å². The Morgan fingerprint density at radius 2 is 1.85 bits per heavy atom. The minimum Gasteiger partial charge on any atom is -0.494 e. The smallest absolute Gasteiger partial charge is 0.314 e. The monoisotopic (exact) mass is 382 g/mol. The molecule has 0 bridgehead atoms. The lowest BCUT2D eigenvalue weighted by Crippen LogP contribution is -2.34. The summed E-state index contributed by atoms with van der Waals surface area (Å²) < 4.78 is 6.70. The second-order valence-electron chi connectivity index (χ2n) is 7.44. The molecule has 0 fully saturated rings. The summed E-state index contributed by atoms with van der Waals surface area (Å²) in [4.78, 5) is 13.3. The molecule has 0 aliphatic heterocycles. The number of benzene rings is 2. The minimum atomic E-state index is -0.959. The first-order valence-electron chi connectivity index (χ1n) is 9.32. The third-order valence-electron chi connectivity index (χ3n) is 5.07. The molecular formula is C23H26O3S. The minimum absolute atomic E-state index is 0.428. The molecule has 3 rings (SSSR count). The largest absolute Gasteiger partial charge is 0.494 e. The van der Waals surface area contributed by atoms with Crippen LogP contribution in [0.4, 0.5) is 0 Å². The predicted molar refractivity (Wildman–Crippen MR) is 112 cm³/mol. The van der Waals surface area contributed by atoms with E-state index in [4.69, 9.17) is 4.74 Å². The molecule has 0 saturated carbocycles. The van der Waals surface area contributed by atoms with E-state index in [1.54, 1.807) is 11.3 Å². The number of thiophene rings is 1. The van der Waals surface area contributed by atoms with Crippen molar-refractivity contribution in [2.45, 2.75) is 45.4 Å². The second-order valence-corrected chi connectivity index (χ2v) is 8.60. The maximum absolute atomic E-state index is 12.2. The Labute approximate surface area is 164 Å². The van der Waals surface area contributed by atoms with Gasteiger partial charge in [-0.1, -0.05) is 38.1 Å². The van der Waals surface area contributed by atoms with E-state index in [-0.39, 0.29) is 0 Å². The van der Waals surface area contributed by atoms with Crippen LogP contribution in [0.1, 0.15) is 49.6 Å². The summed E-state index contributed by atoms with van der Waals surface area (Å²) in [5, 5.41) is 11.1. The number of carboxylic acid groups (broad SMARTS) is 1. The van der Waals surface area contributed by atoms with Crippen LogP contribution in [0, 0.1) is 0 Å². The third kappa shape index (κ3) is 4.01. The van der Waals surface area contributed by atoms with Crippen LogP contribution in [0.5, 0.6) is 5.75 Å². The molecule has 1 aromatic heterocycles. The normalized spacial score (nSPS) is 13.7. The van der Waals surface area contributed by atoms with Gasteiger partial charge < -0.3 is 9.84 Å². The molecule has 3 aromatic rings. The fourth-order valence-corrected chi connectivity index (χ4v) is 4.54. The van der Waals surface area contributed by atoms with E-state index < -0.39 is 11.4 Å². The van der Waals surface area contributed by atoms with Crippen molar-refractivity contribution in [1.29, 1.82) is 0 Å². The average molecular weight is 383 g/mol. The first-order valence-corrected chi connectivity index (χ1v) is 10.1. The summed E-state index contributed by atoms with van der Waals surface area (Å²) in [5.74, 6) is 0.480. The van der Waals surface area contributed by atoms with E-state index in [2.05, 4.69) is 19.9 Å². The molecule has 1 heterocycles. The number of ether oxygens (including phenoxy) is 1. The molecule has 27 heavy (non-hydrogen) atoms. The van der Waals surface area contributed by atoms with Crippen molar-refractivity contribution >= 4 is 27.4 Å². The molecule has 3 nitrogen and oxygen atoms in total. The van der Waals surface area contributed by atoms with Crippen LogP contribution >= 0.6 is 11.3 Å². The number of fused-ring (bicyclic) bond motifs is 1. The van der Waals surface area contributed by atoms with Crippen LogP contribution in [0.2, 0.25) is 0 Å². The molecule has 4 heteroatoms. The van der Waals surface area contributed by atoms with Gasteiger partial charge in [0, 0.05) is 16.0 Å². The van der Waals surface area contributed by atoms with Crippen molar-refractivity contribution in [3.05, 3.63) is 64.5 Å². The quantitative estimate of drug-likeness (QED) is 0.544. The molecule has 0 spiro atoms. The maximum atomic E-state index is 12.2. The molecule has 0 amide bonds. The molecule has 0 aliphatic carbocycles. The number of carbonyl (C=O) groups is 1. The average Bonchev–Trinajstić information content (AvgIpc) is 3.03.